The molecule has 6 heteroatoms. The molecule has 1 aliphatic carbocycles. The number of nitrogens with one attached hydrogen (secondary N) is 2. The van der Waals surface area contributed by atoms with Crippen LogP contribution >= 0.6 is 0 Å². The highest BCUT2D eigenvalue weighted by molar-refractivity contribution is 5.77. The third-order valence-corrected chi connectivity index (χ3v) is 2.71. The highest BCUT2D eigenvalue weighted by Gasteiger charge is 2.22. The first-order valence-electron chi connectivity index (χ1n) is 6.34. The molecule has 0 aromatic carbocycles. The molecule has 1 aliphatic rings. The fraction of sp³-hybridized carbons (Fsp3) is 0.583. The molecule has 1 saturated carbocycles. The van der Waals surface area contributed by atoms with Gasteiger partial charge in [0.25, 0.3) is 0 Å². The van der Waals surface area contributed by atoms with Crippen molar-refractivity contribution in [2.45, 2.75) is 38.6 Å². The van der Waals surface area contributed by atoms with Crippen LogP contribution in [0.15, 0.2) is 6.07 Å². The van der Waals surface area contributed by atoms with Crippen LogP contribution in [-0.4, -0.2) is 28.5 Å². The third kappa shape index (κ3) is 3.87. The van der Waals surface area contributed by atoms with Crippen LogP contribution in [0.5, 0.6) is 0 Å². The van der Waals surface area contributed by atoms with Gasteiger partial charge in [-0.25, -0.2) is 9.97 Å². The second-order valence-corrected chi connectivity index (χ2v) is 4.47. The molecule has 1 heterocycles. The van der Waals surface area contributed by atoms with Gasteiger partial charge in [0, 0.05) is 31.5 Å². The zero-order valence-corrected chi connectivity index (χ0v) is 10.6. The lowest BCUT2D eigenvalue weighted by Crippen LogP contribution is -2.27. The van der Waals surface area contributed by atoms with Gasteiger partial charge in [-0.05, 0) is 12.8 Å². The van der Waals surface area contributed by atoms with E-state index in [0.29, 0.717) is 36.5 Å². The van der Waals surface area contributed by atoms with Gasteiger partial charge in [0.15, 0.2) is 0 Å². The van der Waals surface area contributed by atoms with E-state index in [1.54, 1.807) is 6.07 Å². The van der Waals surface area contributed by atoms with Crippen molar-refractivity contribution >= 4 is 17.5 Å². The number of amides is 1. The highest BCUT2D eigenvalue weighted by atomic mass is 16.1. The molecule has 0 bridgehead atoms. The zero-order chi connectivity index (χ0) is 13.0. The summed E-state index contributed by atoms with van der Waals surface area (Å²) >= 11 is 0. The number of rotatable bonds is 6. The van der Waals surface area contributed by atoms with Crippen molar-refractivity contribution < 1.29 is 4.79 Å². The normalized spacial score (nSPS) is 14.3. The van der Waals surface area contributed by atoms with Gasteiger partial charge < -0.3 is 16.4 Å². The Morgan fingerprint density at radius 2 is 2.28 bits per heavy atom. The van der Waals surface area contributed by atoms with Gasteiger partial charge >= 0.3 is 0 Å². The summed E-state index contributed by atoms with van der Waals surface area (Å²) in [7, 11) is 0. The average Bonchev–Trinajstić information content (AvgIpc) is 3.12. The number of carbonyl (C=O) groups excluding carboxylic acids is 1. The Hall–Kier alpha value is -1.85. The number of carbonyl (C=O) groups is 1. The van der Waals surface area contributed by atoms with Gasteiger partial charge in [0.05, 0.1) is 0 Å². The molecule has 0 saturated heterocycles. The summed E-state index contributed by atoms with van der Waals surface area (Å²) in [6, 6.07) is 2.09. The molecule has 1 aromatic rings. The summed E-state index contributed by atoms with van der Waals surface area (Å²) in [6.45, 7) is 2.53. The fourth-order valence-electron chi connectivity index (χ4n) is 1.60. The van der Waals surface area contributed by atoms with Crippen LogP contribution < -0.4 is 16.4 Å². The Bertz CT molecular complexity index is 430. The fourth-order valence-corrected chi connectivity index (χ4v) is 1.60. The number of nitrogens with zero attached hydrogens (tertiary/aromatic N) is 2. The molecule has 0 atom stereocenters. The maximum absolute atomic E-state index is 11.5. The van der Waals surface area contributed by atoms with Gasteiger partial charge in [-0.1, -0.05) is 6.92 Å². The molecule has 2 rings (SSSR count). The van der Waals surface area contributed by atoms with Crippen molar-refractivity contribution in [3.63, 3.8) is 0 Å². The number of aromatic nitrogens is 2. The number of nitrogen functional groups attached to an aromatic ring is 1. The van der Waals surface area contributed by atoms with Gasteiger partial charge in [0.2, 0.25) is 5.91 Å². The summed E-state index contributed by atoms with van der Waals surface area (Å²) in [4.78, 5) is 19.8. The second kappa shape index (κ2) is 5.66. The van der Waals surface area contributed by atoms with Gasteiger partial charge in [0.1, 0.15) is 17.5 Å². The van der Waals surface area contributed by atoms with Crippen molar-refractivity contribution in [2.75, 3.05) is 17.6 Å². The van der Waals surface area contributed by atoms with E-state index in [4.69, 9.17) is 5.73 Å². The number of nitrogens with two attached hydrogens (primary N) is 1. The second-order valence-electron chi connectivity index (χ2n) is 4.47. The molecule has 0 aliphatic heterocycles. The highest BCUT2D eigenvalue weighted by Crippen LogP contribution is 2.18. The van der Waals surface area contributed by atoms with Crippen molar-refractivity contribution in [1.29, 1.82) is 0 Å². The van der Waals surface area contributed by atoms with Crippen LogP contribution in [0, 0.1) is 0 Å². The standard InChI is InChI=1S/C12H19N5O/c1-2-10-16-9(13)7-11(17-10)14-6-5-12(18)15-8-3-4-8/h7-8H,2-6H2,1H3,(H,15,18)(H3,13,14,16,17). The van der Waals surface area contributed by atoms with Crippen LogP contribution in [-0.2, 0) is 11.2 Å². The van der Waals surface area contributed by atoms with E-state index in [-0.39, 0.29) is 5.91 Å². The maximum atomic E-state index is 11.5. The lowest BCUT2D eigenvalue weighted by Gasteiger charge is -2.07. The van der Waals surface area contributed by atoms with Crippen molar-refractivity contribution in [1.82, 2.24) is 15.3 Å². The van der Waals surface area contributed by atoms with Crippen molar-refractivity contribution in [2.24, 2.45) is 0 Å². The van der Waals surface area contributed by atoms with Gasteiger partial charge in [-0.15, -0.1) is 0 Å². The minimum Gasteiger partial charge on any atom is -0.384 e. The topological polar surface area (TPSA) is 92.9 Å². The summed E-state index contributed by atoms with van der Waals surface area (Å²) in [5, 5.41) is 6.03. The Balaban J connectivity index is 1.78. The molecule has 1 aromatic heterocycles. The summed E-state index contributed by atoms with van der Waals surface area (Å²) in [5.41, 5.74) is 5.67. The Morgan fingerprint density at radius 3 is 2.94 bits per heavy atom. The molecule has 18 heavy (non-hydrogen) atoms. The first-order valence-corrected chi connectivity index (χ1v) is 6.34. The third-order valence-electron chi connectivity index (χ3n) is 2.71. The zero-order valence-electron chi connectivity index (χ0n) is 10.6. The number of hydrogen-bond acceptors (Lipinski definition) is 5. The van der Waals surface area contributed by atoms with Crippen molar-refractivity contribution in [3.8, 4) is 0 Å². The maximum Gasteiger partial charge on any atom is 0.221 e. The first kappa shape index (κ1) is 12.6. The molecule has 0 spiro atoms. The number of anilines is 2. The van der Waals surface area contributed by atoms with Crippen LogP contribution in [0.4, 0.5) is 11.6 Å². The largest absolute Gasteiger partial charge is 0.384 e. The van der Waals surface area contributed by atoms with Crippen LogP contribution in [0.25, 0.3) is 0 Å². The molecule has 0 unspecified atom stereocenters. The van der Waals surface area contributed by atoms with E-state index in [1.807, 2.05) is 6.92 Å². The predicted molar refractivity (Wildman–Crippen MR) is 70.1 cm³/mol. The number of aryl methyl sites for hydroxylation is 1. The molecular formula is C12H19N5O. The van der Waals surface area contributed by atoms with Crippen molar-refractivity contribution in [3.05, 3.63) is 11.9 Å². The molecule has 1 fully saturated rings. The monoisotopic (exact) mass is 249 g/mol. The summed E-state index contributed by atoms with van der Waals surface area (Å²) < 4.78 is 0. The summed E-state index contributed by atoms with van der Waals surface area (Å²) in [5.74, 6) is 1.92. The Morgan fingerprint density at radius 1 is 1.50 bits per heavy atom. The quantitative estimate of drug-likeness (QED) is 0.690. The van der Waals surface area contributed by atoms with Crippen LogP contribution in [0.1, 0.15) is 32.0 Å². The predicted octanol–water partition coefficient (Wildman–Crippen LogP) is 0.702. The van der Waals surface area contributed by atoms with E-state index >= 15 is 0 Å². The lowest BCUT2D eigenvalue weighted by atomic mass is 10.3. The van der Waals surface area contributed by atoms with Gasteiger partial charge in [-0.3, -0.25) is 4.79 Å². The molecular weight excluding hydrogens is 230 g/mol. The molecule has 4 N–H and O–H groups in total. The molecule has 1 amide bonds. The molecule has 6 nitrogen and oxygen atoms in total. The van der Waals surface area contributed by atoms with E-state index in [2.05, 4.69) is 20.6 Å². The first-order chi connectivity index (χ1) is 8.67. The van der Waals surface area contributed by atoms with E-state index in [1.165, 1.54) is 0 Å². The van der Waals surface area contributed by atoms with E-state index < -0.39 is 0 Å². The van der Waals surface area contributed by atoms with Crippen LogP contribution in [0.3, 0.4) is 0 Å². The Kier molecular flexibility index (Phi) is 3.96. The van der Waals surface area contributed by atoms with E-state index in [9.17, 15) is 4.79 Å². The molecule has 98 valence electrons. The number of hydrogen-bond donors (Lipinski definition) is 3. The van der Waals surface area contributed by atoms with E-state index in [0.717, 1.165) is 19.3 Å². The minimum atomic E-state index is 0.0859. The Labute approximate surface area is 106 Å². The molecule has 0 radical (unpaired) electrons. The lowest BCUT2D eigenvalue weighted by molar-refractivity contribution is -0.120. The van der Waals surface area contributed by atoms with Gasteiger partial charge in [-0.2, -0.15) is 0 Å². The smallest absolute Gasteiger partial charge is 0.221 e. The summed E-state index contributed by atoms with van der Waals surface area (Å²) in [6.07, 6.45) is 3.41. The average molecular weight is 249 g/mol. The SMILES string of the molecule is CCc1nc(N)cc(NCCC(=O)NC2CC2)n1. The minimum absolute atomic E-state index is 0.0859. The van der Waals surface area contributed by atoms with Crippen LogP contribution in [0.2, 0.25) is 0 Å².